The molecule has 128 valence electrons. The average molecular weight is 328 g/mol. The van der Waals surface area contributed by atoms with Crippen molar-refractivity contribution in [2.45, 2.75) is 50.6 Å². The zero-order chi connectivity index (χ0) is 16.5. The molecule has 2 heterocycles. The smallest absolute Gasteiger partial charge is 0.255 e. The Morgan fingerprint density at radius 2 is 1.88 bits per heavy atom. The van der Waals surface area contributed by atoms with E-state index in [0.29, 0.717) is 30.7 Å². The Hall–Kier alpha value is -2.11. The standard InChI is InChI=1S/C18H24N4O2/c23-17(21-15-6-7-15)13-2-1-9-22(11-13)18(24)12-3-8-16(19-10-12)20-14-4-5-14/h3,8,10,13-15H,1-2,4-7,9,11H2,(H,19,20)(H,21,23). The van der Waals surface area contributed by atoms with E-state index in [2.05, 4.69) is 15.6 Å². The van der Waals surface area contributed by atoms with Crippen molar-refractivity contribution in [3.63, 3.8) is 0 Å². The van der Waals surface area contributed by atoms with Gasteiger partial charge in [0.25, 0.3) is 5.91 Å². The van der Waals surface area contributed by atoms with E-state index in [9.17, 15) is 9.59 Å². The average Bonchev–Trinajstić information content (AvgIpc) is 3.52. The molecule has 0 aromatic carbocycles. The Balaban J connectivity index is 1.36. The number of pyridine rings is 1. The van der Waals surface area contributed by atoms with Crippen LogP contribution in [0.1, 0.15) is 48.9 Å². The van der Waals surface area contributed by atoms with Gasteiger partial charge in [-0.3, -0.25) is 9.59 Å². The van der Waals surface area contributed by atoms with E-state index in [1.165, 1.54) is 12.8 Å². The van der Waals surface area contributed by atoms with E-state index in [1.54, 1.807) is 11.1 Å². The molecule has 24 heavy (non-hydrogen) atoms. The van der Waals surface area contributed by atoms with Crippen LogP contribution >= 0.6 is 0 Å². The first-order valence-electron chi connectivity index (χ1n) is 9.01. The number of carbonyl (C=O) groups excluding carboxylic acids is 2. The number of nitrogens with zero attached hydrogens (tertiary/aromatic N) is 2. The monoisotopic (exact) mass is 328 g/mol. The van der Waals surface area contributed by atoms with Crippen LogP contribution in [0.3, 0.4) is 0 Å². The second-order valence-electron chi connectivity index (χ2n) is 7.22. The Bertz CT molecular complexity index is 622. The second kappa shape index (κ2) is 6.42. The summed E-state index contributed by atoms with van der Waals surface area (Å²) in [5.74, 6) is 0.836. The van der Waals surface area contributed by atoms with Crippen molar-refractivity contribution in [3.8, 4) is 0 Å². The van der Waals surface area contributed by atoms with Crippen LogP contribution in [0.4, 0.5) is 5.82 Å². The summed E-state index contributed by atoms with van der Waals surface area (Å²) in [7, 11) is 0. The molecule has 1 atom stereocenters. The zero-order valence-corrected chi connectivity index (χ0v) is 13.8. The number of piperidine rings is 1. The summed E-state index contributed by atoms with van der Waals surface area (Å²) in [4.78, 5) is 31.1. The molecule has 2 N–H and O–H groups in total. The van der Waals surface area contributed by atoms with Crippen LogP contribution in [-0.2, 0) is 4.79 Å². The summed E-state index contributed by atoms with van der Waals surface area (Å²) < 4.78 is 0. The van der Waals surface area contributed by atoms with Gasteiger partial charge in [0.1, 0.15) is 5.82 Å². The molecule has 1 aromatic rings. The molecule has 6 heteroatoms. The summed E-state index contributed by atoms with van der Waals surface area (Å²) >= 11 is 0. The molecule has 1 aromatic heterocycles. The van der Waals surface area contributed by atoms with Crippen molar-refractivity contribution >= 4 is 17.6 Å². The summed E-state index contributed by atoms with van der Waals surface area (Å²) in [6.45, 7) is 1.23. The van der Waals surface area contributed by atoms with E-state index >= 15 is 0 Å². The Labute approximate surface area is 142 Å². The lowest BCUT2D eigenvalue weighted by Gasteiger charge is -2.32. The largest absolute Gasteiger partial charge is 0.367 e. The third-order valence-electron chi connectivity index (χ3n) is 4.94. The Morgan fingerprint density at radius 3 is 2.54 bits per heavy atom. The molecular weight excluding hydrogens is 304 g/mol. The summed E-state index contributed by atoms with van der Waals surface area (Å²) in [5.41, 5.74) is 0.597. The molecule has 1 unspecified atom stereocenters. The van der Waals surface area contributed by atoms with Gasteiger partial charge in [-0.15, -0.1) is 0 Å². The van der Waals surface area contributed by atoms with Gasteiger partial charge in [-0.05, 0) is 50.7 Å². The number of anilines is 1. The number of amides is 2. The highest BCUT2D eigenvalue weighted by Crippen LogP contribution is 2.25. The van der Waals surface area contributed by atoms with Gasteiger partial charge >= 0.3 is 0 Å². The number of hydrogen-bond acceptors (Lipinski definition) is 4. The van der Waals surface area contributed by atoms with Gasteiger partial charge < -0.3 is 15.5 Å². The SMILES string of the molecule is O=C(NC1CC1)C1CCCN(C(=O)c2ccc(NC3CC3)nc2)C1. The third-order valence-corrected chi connectivity index (χ3v) is 4.94. The highest BCUT2D eigenvalue weighted by molar-refractivity contribution is 5.94. The molecule has 3 aliphatic rings. The first-order chi connectivity index (χ1) is 11.7. The number of rotatable bonds is 5. The molecule has 1 saturated heterocycles. The van der Waals surface area contributed by atoms with Crippen molar-refractivity contribution < 1.29 is 9.59 Å². The molecule has 0 spiro atoms. The van der Waals surface area contributed by atoms with E-state index in [4.69, 9.17) is 0 Å². The zero-order valence-electron chi connectivity index (χ0n) is 13.8. The molecule has 6 nitrogen and oxygen atoms in total. The van der Waals surface area contributed by atoms with Gasteiger partial charge in [0.05, 0.1) is 11.5 Å². The van der Waals surface area contributed by atoms with Crippen molar-refractivity contribution in [1.82, 2.24) is 15.2 Å². The minimum Gasteiger partial charge on any atom is -0.367 e. The highest BCUT2D eigenvalue weighted by Gasteiger charge is 2.32. The fraction of sp³-hybridized carbons (Fsp3) is 0.611. The van der Waals surface area contributed by atoms with E-state index in [1.807, 2.05) is 12.1 Å². The van der Waals surface area contributed by atoms with Crippen LogP contribution < -0.4 is 10.6 Å². The van der Waals surface area contributed by atoms with Crippen LogP contribution in [0.2, 0.25) is 0 Å². The van der Waals surface area contributed by atoms with Crippen molar-refractivity contribution in [2.24, 2.45) is 5.92 Å². The number of aromatic nitrogens is 1. The number of hydrogen-bond donors (Lipinski definition) is 2. The third kappa shape index (κ3) is 3.68. The maximum atomic E-state index is 12.7. The van der Waals surface area contributed by atoms with Gasteiger partial charge in [0.15, 0.2) is 0 Å². The van der Waals surface area contributed by atoms with Crippen LogP contribution in [0.5, 0.6) is 0 Å². The minimum atomic E-state index is -0.0768. The first kappa shape index (κ1) is 15.4. The van der Waals surface area contributed by atoms with Crippen LogP contribution in [0.25, 0.3) is 0 Å². The fourth-order valence-electron chi connectivity index (χ4n) is 3.15. The molecule has 2 amide bonds. The van der Waals surface area contributed by atoms with Crippen LogP contribution in [0.15, 0.2) is 18.3 Å². The Kier molecular flexibility index (Phi) is 4.12. The normalized spacial score (nSPS) is 23.7. The van der Waals surface area contributed by atoms with Crippen LogP contribution in [0, 0.1) is 5.92 Å². The predicted octanol–water partition coefficient (Wildman–Crippen LogP) is 1.79. The van der Waals surface area contributed by atoms with Gasteiger partial charge in [0.2, 0.25) is 5.91 Å². The topological polar surface area (TPSA) is 74.3 Å². The summed E-state index contributed by atoms with van der Waals surface area (Å²) in [5, 5.41) is 6.38. The molecule has 1 aliphatic heterocycles. The lowest BCUT2D eigenvalue weighted by atomic mass is 9.96. The summed E-state index contributed by atoms with van der Waals surface area (Å²) in [6, 6.07) is 4.62. The highest BCUT2D eigenvalue weighted by atomic mass is 16.2. The van der Waals surface area contributed by atoms with Crippen LogP contribution in [-0.4, -0.2) is 46.9 Å². The van der Waals surface area contributed by atoms with E-state index < -0.39 is 0 Å². The van der Waals surface area contributed by atoms with E-state index in [0.717, 1.165) is 31.5 Å². The maximum Gasteiger partial charge on any atom is 0.255 e. The van der Waals surface area contributed by atoms with Crippen molar-refractivity contribution in [3.05, 3.63) is 23.9 Å². The summed E-state index contributed by atoms with van der Waals surface area (Å²) in [6.07, 6.45) is 7.96. The van der Waals surface area contributed by atoms with Crippen molar-refractivity contribution in [2.75, 3.05) is 18.4 Å². The lowest BCUT2D eigenvalue weighted by Crippen LogP contribution is -2.45. The lowest BCUT2D eigenvalue weighted by molar-refractivity contribution is -0.126. The first-order valence-corrected chi connectivity index (χ1v) is 9.01. The van der Waals surface area contributed by atoms with Gasteiger partial charge in [-0.1, -0.05) is 0 Å². The number of carbonyl (C=O) groups is 2. The van der Waals surface area contributed by atoms with Gasteiger partial charge in [0, 0.05) is 31.4 Å². The molecule has 2 aliphatic carbocycles. The second-order valence-corrected chi connectivity index (χ2v) is 7.22. The van der Waals surface area contributed by atoms with E-state index in [-0.39, 0.29) is 17.7 Å². The number of likely N-dealkylation sites (tertiary alicyclic amines) is 1. The van der Waals surface area contributed by atoms with Gasteiger partial charge in [-0.2, -0.15) is 0 Å². The maximum absolute atomic E-state index is 12.7. The Morgan fingerprint density at radius 1 is 1.08 bits per heavy atom. The predicted molar refractivity (Wildman–Crippen MR) is 90.7 cm³/mol. The molecule has 3 fully saturated rings. The minimum absolute atomic E-state index is 0.0237. The number of nitrogens with one attached hydrogen (secondary N) is 2. The quantitative estimate of drug-likeness (QED) is 0.864. The molecule has 2 saturated carbocycles. The molecule has 0 radical (unpaired) electrons. The molecule has 0 bridgehead atoms. The molecule has 4 rings (SSSR count). The fourth-order valence-corrected chi connectivity index (χ4v) is 3.15. The van der Waals surface area contributed by atoms with Crippen molar-refractivity contribution in [1.29, 1.82) is 0 Å². The van der Waals surface area contributed by atoms with Gasteiger partial charge in [-0.25, -0.2) is 4.98 Å². The molecular formula is C18H24N4O2.